The molecular weight excluding hydrogens is 315 g/mol. The summed E-state index contributed by atoms with van der Waals surface area (Å²) in [6, 6.07) is 2.67. The summed E-state index contributed by atoms with van der Waals surface area (Å²) >= 11 is 0. The molecule has 1 rings (SSSR count). The van der Waals surface area contributed by atoms with E-state index in [1.807, 2.05) is 18.7 Å². The Labute approximate surface area is 120 Å². The Morgan fingerprint density at radius 2 is 1.70 bits per heavy atom. The van der Waals surface area contributed by atoms with E-state index in [-0.39, 0.29) is 12.1 Å². The molecule has 1 aromatic carbocycles. The van der Waals surface area contributed by atoms with Crippen LogP contribution >= 0.6 is 10.7 Å². The SMILES string of the molecule is CCN(CC)Cc1cc(C(F)(F)F)cc(S(=O)(=O)Cl)c1. The zero-order valence-corrected chi connectivity index (χ0v) is 12.6. The van der Waals surface area contributed by atoms with Gasteiger partial charge in [-0.1, -0.05) is 13.8 Å². The molecule has 0 unspecified atom stereocenters. The van der Waals surface area contributed by atoms with Gasteiger partial charge in [0.25, 0.3) is 9.05 Å². The summed E-state index contributed by atoms with van der Waals surface area (Å²) in [5.74, 6) is 0. The maximum Gasteiger partial charge on any atom is 0.416 e. The van der Waals surface area contributed by atoms with Crippen molar-refractivity contribution in [3.8, 4) is 0 Å². The maximum atomic E-state index is 12.8. The van der Waals surface area contributed by atoms with Crippen molar-refractivity contribution in [1.82, 2.24) is 4.90 Å². The van der Waals surface area contributed by atoms with Crippen LogP contribution in [0.3, 0.4) is 0 Å². The third-order valence-corrected chi connectivity index (χ3v) is 4.21. The lowest BCUT2D eigenvalue weighted by molar-refractivity contribution is -0.137. The van der Waals surface area contributed by atoms with E-state index in [0.29, 0.717) is 19.2 Å². The first-order chi connectivity index (χ1) is 9.07. The fraction of sp³-hybridized carbons (Fsp3) is 0.500. The van der Waals surface area contributed by atoms with Crippen molar-refractivity contribution in [2.45, 2.75) is 31.5 Å². The van der Waals surface area contributed by atoms with Crippen molar-refractivity contribution in [2.24, 2.45) is 0 Å². The Morgan fingerprint density at radius 3 is 2.10 bits per heavy atom. The summed E-state index contributed by atoms with van der Waals surface area (Å²) in [7, 11) is 0.945. The summed E-state index contributed by atoms with van der Waals surface area (Å²) in [6.07, 6.45) is -4.62. The van der Waals surface area contributed by atoms with Crippen molar-refractivity contribution < 1.29 is 21.6 Å². The molecule has 0 aromatic heterocycles. The molecule has 3 nitrogen and oxygen atoms in total. The monoisotopic (exact) mass is 329 g/mol. The third kappa shape index (κ3) is 4.64. The highest BCUT2D eigenvalue weighted by Crippen LogP contribution is 2.32. The molecule has 0 aliphatic carbocycles. The highest BCUT2D eigenvalue weighted by molar-refractivity contribution is 8.13. The summed E-state index contributed by atoms with van der Waals surface area (Å²) in [4.78, 5) is 1.34. The average Bonchev–Trinajstić information content (AvgIpc) is 2.33. The second-order valence-electron chi connectivity index (χ2n) is 4.26. The Kier molecular flexibility index (Phi) is 5.46. The molecule has 0 aliphatic rings. The maximum absolute atomic E-state index is 12.8. The molecule has 0 amide bonds. The van der Waals surface area contributed by atoms with Crippen molar-refractivity contribution in [3.63, 3.8) is 0 Å². The normalized spacial score (nSPS) is 12.9. The van der Waals surface area contributed by atoms with Gasteiger partial charge >= 0.3 is 6.18 Å². The molecule has 20 heavy (non-hydrogen) atoms. The zero-order chi connectivity index (χ0) is 15.6. The van der Waals surface area contributed by atoms with Crippen LogP contribution < -0.4 is 0 Å². The second-order valence-corrected chi connectivity index (χ2v) is 6.83. The summed E-state index contributed by atoms with van der Waals surface area (Å²) < 4.78 is 60.9. The fourth-order valence-electron chi connectivity index (χ4n) is 1.76. The van der Waals surface area contributed by atoms with Crippen molar-refractivity contribution in [2.75, 3.05) is 13.1 Å². The molecule has 0 aliphatic heterocycles. The largest absolute Gasteiger partial charge is 0.416 e. The quantitative estimate of drug-likeness (QED) is 0.776. The third-order valence-electron chi connectivity index (χ3n) is 2.88. The van der Waals surface area contributed by atoms with Gasteiger partial charge in [-0.05, 0) is 36.9 Å². The van der Waals surface area contributed by atoms with Gasteiger partial charge in [0.2, 0.25) is 0 Å². The first-order valence-electron chi connectivity index (χ1n) is 5.96. The van der Waals surface area contributed by atoms with Crippen LogP contribution in [0.1, 0.15) is 25.0 Å². The lowest BCUT2D eigenvalue weighted by atomic mass is 10.1. The van der Waals surface area contributed by atoms with E-state index in [1.54, 1.807) is 0 Å². The predicted octanol–water partition coefficient (Wildman–Crippen LogP) is 3.47. The van der Waals surface area contributed by atoms with Crippen LogP contribution in [0.25, 0.3) is 0 Å². The van der Waals surface area contributed by atoms with Crippen LogP contribution in [-0.4, -0.2) is 26.4 Å². The van der Waals surface area contributed by atoms with Gasteiger partial charge in [0.1, 0.15) is 0 Å². The summed E-state index contributed by atoms with van der Waals surface area (Å²) in [5, 5.41) is 0. The molecule has 0 fully saturated rings. The van der Waals surface area contributed by atoms with Crippen LogP contribution in [0.5, 0.6) is 0 Å². The van der Waals surface area contributed by atoms with E-state index in [2.05, 4.69) is 0 Å². The minimum atomic E-state index is -4.62. The molecule has 0 N–H and O–H groups in total. The molecular formula is C12H15ClF3NO2S. The molecule has 114 valence electrons. The molecule has 8 heteroatoms. The first-order valence-corrected chi connectivity index (χ1v) is 8.27. The number of rotatable bonds is 5. The van der Waals surface area contributed by atoms with Crippen LogP contribution in [0.15, 0.2) is 23.1 Å². The average molecular weight is 330 g/mol. The smallest absolute Gasteiger partial charge is 0.300 e. The molecule has 1 aromatic rings. The standard InChI is InChI=1S/C12H15ClF3NO2S/c1-3-17(4-2)8-9-5-10(12(14,15)16)7-11(6-9)20(13,18)19/h5-7H,3-4,8H2,1-2H3. The van der Waals surface area contributed by atoms with Gasteiger partial charge in [-0.2, -0.15) is 13.2 Å². The van der Waals surface area contributed by atoms with Gasteiger partial charge < -0.3 is 0 Å². The van der Waals surface area contributed by atoms with Gasteiger partial charge in [0.15, 0.2) is 0 Å². The molecule has 0 bridgehead atoms. The minimum absolute atomic E-state index is 0.232. The zero-order valence-electron chi connectivity index (χ0n) is 11.0. The highest BCUT2D eigenvalue weighted by atomic mass is 35.7. The van der Waals surface area contributed by atoms with Crippen molar-refractivity contribution in [3.05, 3.63) is 29.3 Å². The van der Waals surface area contributed by atoms with Crippen LogP contribution in [-0.2, 0) is 21.8 Å². The van der Waals surface area contributed by atoms with Crippen LogP contribution in [0.4, 0.5) is 13.2 Å². The Balaban J connectivity index is 3.31. The lowest BCUT2D eigenvalue weighted by Gasteiger charge is -2.19. The highest BCUT2D eigenvalue weighted by Gasteiger charge is 2.32. The topological polar surface area (TPSA) is 37.4 Å². The lowest BCUT2D eigenvalue weighted by Crippen LogP contribution is -2.22. The summed E-state index contributed by atoms with van der Waals surface area (Å²) in [6.45, 7) is 5.27. The predicted molar refractivity (Wildman–Crippen MR) is 71.1 cm³/mol. The molecule has 0 atom stereocenters. The van der Waals surface area contributed by atoms with E-state index in [4.69, 9.17) is 10.7 Å². The van der Waals surface area contributed by atoms with Gasteiger partial charge in [-0.25, -0.2) is 8.42 Å². The van der Waals surface area contributed by atoms with E-state index >= 15 is 0 Å². The number of benzene rings is 1. The molecule has 0 heterocycles. The van der Waals surface area contributed by atoms with Gasteiger partial charge in [0.05, 0.1) is 10.5 Å². The van der Waals surface area contributed by atoms with E-state index in [1.165, 1.54) is 6.07 Å². The van der Waals surface area contributed by atoms with E-state index < -0.39 is 25.7 Å². The van der Waals surface area contributed by atoms with Gasteiger partial charge in [-0.3, -0.25) is 4.90 Å². The number of hydrogen-bond acceptors (Lipinski definition) is 3. The number of alkyl halides is 3. The fourth-order valence-corrected chi connectivity index (χ4v) is 2.59. The van der Waals surface area contributed by atoms with Crippen LogP contribution in [0, 0.1) is 0 Å². The minimum Gasteiger partial charge on any atom is -0.300 e. The molecule has 0 spiro atoms. The second kappa shape index (κ2) is 6.32. The number of hydrogen-bond donors (Lipinski definition) is 0. The van der Waals surface area contributed by atoms with Gasteiger partial charge in [0, 0.05) is 17.2 Å². The Hall–Kier alpha value is -0.790. The number of nitrogens with zero attached hydrogens (tertiary/aromatic N) is 1. The van der Waals surface area contributed by atoms with E-state index in [9.17, 15) is 21.6 Å². The van der Waals surface area contributed by atoms with Crippen molar-refractivity contribution >= 4 is 19.7 Å². The molecule has 0 radical (unpaired) electrons. The summed E-state index contributed by atoms with van der Waals surface area (Å²) in [5.41, 5.74) is -0.746. The van der Waals surface area contributed by atoms with Crippen molar-refractivity contribution in [1.29, 1.82) is 0 Å². The number of halogens is 4. The molecule has 0 saturated carbocycles. The molecule has 0 saturated heterocycles. The first kappa shape index (κ1) is 17.3. The van der Waals surface area contributed by atoms with Gasteiger partial charge in [-0.15, -0.1) is 0 Å². The Morgan fingerprint density at radius 1 is 1.15 bits per heavy atom. The van der Waals surface area contributed by atoms with Crippen LogP contribution in [0.2, 0.25) is 0 Å². The Bertz CT molecular complexity index is 569. The van der Waals surface area contributed by atoms with E-state index in [0.717, 1.165) is 6.07 Å².